The molecule has 4 aliphatic heterocycles. The highest BCUT2D eigenvalue weighted by Crippen LogP contribution is 2.51. The van der Waals surface area contributed by atoms with Crippen LogP contribution in [-0.2, 0) is 14.3 Å². The van der Waals surface area contributed by atoms with Gasteiger partial charge in [-0.1, -0.05) is 59.8 Å². The molecule has 0 aromatic heterocycles. The summed E-state index contributed by atoms with van der Waals surface area (Å²) in [6.07, 6.45) is 5.02. The maximum Gasteiger partial charge on any atom is 0.312 e. The number of ether oxygens (including phenoxy) is 3. The number of hydrogen-bond acceptors (Lipinski definition) is 13. The lowest BCUT2D eigenvalue weighted by Crippen LogP contribution is -2.47. The summed E-state index contributed by atoms with van der Waals surface area (Å²) < 4.78 is 18.0. The summed E-state index contributed by atoms with van der Waals surface area (Å²) in [5, 5.41) is 61.5. The minimum Gasteiger partial charge on any atom is -0.507 e. The van der Waals surface area contributed by atoms with E-state index in [9.17, 15) is 35.1 Å². The second kappa shape index (κ2) is 16.4. The van der Waals surface area contributed by atoms with Crippen LogP contribution in [0.3, 0.4) is 0 Å². The molecule has 9 unspecified atom stereocenters. The number of piperidine rings is 1. The molecule has 4 heterocycles. The number of rotatable bonds is 3. The van der Waals surface area contributed by atoms with Crippen molar-refractivity contribution in [2.75, 3.05) is 32.1 Å². The topological polar surface area (TPSA) is 203 Å². The van der Waals surface area contributed by atoms with Crippen molar-refractivity contribution in [1.29, 1.82) is 0 Å². The number of carbonyl (C=O) groups is 2. The normalized spacial score (nSPS) is 31.9. The van der Waals surface area contributed by atoms with Gasteiger partial charge in [0.1, 0.15) is 27.9 Å². The van der Waals surface area contributed by atoms with Crippen LogP contribution in [0.25, 0.3) is 10.8 Å². The van der Waals surface area contributed by atoms with E-state index in [-0.39, 0.29) is 49.7 Å². The molecule has 0 aliphatic carbocycles. The van der Waals surface area contributed by atoms with Gasteiger partial charge in [-0.25, -0.2) is 4.99 Å². The van der Waals surface area contributed by atoms with Crippen LogP contribution in [-0.4, -0.2) is 105 Å². The lowest BCUT2D eigenvalue weighted by molar-refractivity contribution is -0.114. The number of allylic oxidation sites excluding steroid dienone is 2. The minimum absolute atomic E-state index is 0.0682. The van der Waals surface area contributed by atoms with E-state index in [4.69, 9.17) is 19.2 Å². The number of nitrogens with one attached hydrogen (secondary N) is 1. The van der Waals surface area contributed by atoms with Crippen LogP contribution >= 0.6 is 0 Å². The number of Topliss-reactive ketones (excluding diaryl/α,β-unsaturated/α-hetero) is 1. The van der Waals surface area contributed by atoms with E-state index in [2.05, 4.69) is 29.1 Å². The van der Waals surface area contributed by atoms with Gasteiger partial charge in [-0.3, -0.25) is 14.6 Å². The number of aromatic hydroxyl groups is 2. The molecule has 0 radical (unpaired) electrons. The molecule has 9 atom stereocenters. The third-order valence-corrected chi connectivity index (χ3v) is 12.7. The fraction of sp³-hybridized carbons (Fsp3) is 0.591. The molecule has 1 amide bonds. The fourth-order valence-electron chi connectivity index (χ4n) is 8.85. The van der Waals surface area contributed by atoms with Crippen molar-refractivity contribution >= 4 is 28.2 Å². The summed E-state index contributed by atoms with van der Waals surface area (Å²) in [7, 11) is 1.47. The number of aliphatic hydroxyl groups excluding tert-OH is 3. The second-order valence-electron chi connectivity index (χ2n) is 17.4. The van der Waals surface area contributed by atoms with Gasteiger partial charge in [0.05, 0.1) is 47.3 Å². The van der Waals surface area contributed by atoms with E-state index in [0.717, 1.165) is 19.6 Å². The Morgan fingerprint density at radius 1 is 0.931 bits per heavy atom. The second-order valence-corrected chi connectivity index (χ2v) is 17.4. The first kappa shape index (κ1) is 43.2. The molecule has 1 saturated heterocycles. The molecule has 4 aliphatic rings. The Morgan fingerprint density at radius 2 is 1.57 bits per heavy atom. The largest absolute Gasteiger partial charge is 0.507 e. The number of phenols is 2. The van der Waals surface area contributed by atoms with Crippen LogP contribution in [0.15, 0.2) is 46.1 Å². The zero-order valence-electron chi connectivity index (χ0n) is 35.2. The van der Waals surface area contributed by atoms with Gasteiger partial charge in [0, 0.05) is 86.7 Å². The van der Waals surface area contributed by atoms with Gasteiger partial charge in [-0.15, -0.1) is 0 Å². The minimum atomic E-state index is -1.92. The van der Waals surface area contributed by atoms with E-state index >= 15 is 0 Å². The van der Waals surface area contributed by atoms with E-state index in [1.807, 2.05) is 0 Å². The van der Waals surface area contributed by atoms with Crippen LogP contribution in [0.2, 0.25) is 0 Å². The van der Waals surface area contributed by atoms with Crippen molar-refractivity contribution < 1.29 is 49.3 Å². The fourth-order valence-corrected chi connectivity index (χ4v) is 8.85. The Balaban J connectivity index is 1.55. The Hall–Kier alpha value is -4.34. The smallest absolute Gasteiger partial charge is 0.312 e. The molecule has 14 nitrogen and oxygen atoms in total. The summed E-state index contributed by atoms with van der Waals surface area (Å²) >= 11 is 0. The number of methoxy groups -OCH3 is 1. The number of phenolic OH excluding ortho intramolecular Hbond substituents is 2. The predicted octanol–water partition coefficient (Wildman–Crippen LogP) is 4.18. The molecule has 1 spiro atoms. The first-order valence-electron chi connectivity index (χ1n) is 20.3. The van der Waals surface area contributed by atoms with Crippen LogP contribution < -0.4 is 20.8 Å². The van der Waals surface area contributed by atoms with E-state index in [0.29, 0.717) is 24.4 Å². The van der Waals surface area contributed by atoms with Gasteiger partial charge >= 0.3 is 5.79 Å². The van der Waals surface area contributed by atoms with Crippen LogP contribution in [0, 0.1) is 36.5 Å². The lowest BCUT2D eigenvalue weighted by atomic mass is 9.78. The number of hydrogen-bond donors (Lipinski definition) is 6. The van der Waals surface area contributed by atoms with Crippen molar-refractivity contribution in [3.05, 3.63) is 58.0 Å². The monoisotopic (exact) mass is 804 g/mol. The molecule has 316 valence electrons. The first-order valence-corrected chi connectivity index (χ1v) is 20.3. The Morgan fingerprint density at radius 3 is 2.21 bits per heavy atom. The van der Waals surface area contributed by atoms with Crippen molar-refractivity contribution in [2.45, 2.75) is 111 Å². The number of ketones is 1. The van der Waals surface area contributed by atoms with E-state index in [1.54, 1.807) is 65.8 Å². The molecule has 6 N–H and O–H groups in total. The van der Waals surface area contributed by atoms with E-state index < -0.39 is 77.0 Å². The molecule has 2 aromatic carbocycles. The summed E-state index contributed by atoms with van der Waals surface area (Å²) in [6, 6.07) is 0. The molecule has 2 aromatic rings. The Bertz CT molecular complexity index is 2170. The highest BCUT2D eigenvalue weighted by atomic mass is 16.7. The van der Waals surface area contributed by atoms with Crippen molar-refractivity contribution in [2.24, 2.45) is 39.6 Å². The van der Waals surface area contributed by atoms with Crippen molar-refractivity contribution in [3.63, 3.8) is 0 Å². The number of carbonyl (C=O) groups excluding carboxylic acids is 2. The summed E-state index contributed by atoms with van der Waals surface area (Å²) in [6.45, 7) is 18.3. The van der Waals surface area contributed by atoms with Crippen molar-refractivity contribution in [3.8, 4) is 17.2 Å². The quantitative estimate of drug-likeness (QED) is 0.242. The summed E-state index contributed by atoms with van der Waals surface area (Å²) in [5.41, 5.74) is -0.0451. The third-order valence-electron chi connectivity index (χ3n) is 12.7. The van der Waals surface area contributed by atoms with Gasteiger partial charge in [0.25, 0.3) is 11.7 Å². The third kappa shape index (κ3) is 7.65. The summed E-state index contributed by atoms with van der Waals surface area (Å²) in [5.74, 6) is -5.83. The lowest BCUT2D eigenvalue weighted by Gasteiger charge is -2.38. The first-order chi connectivity index (χ1) is 27.3. The van der Waals surface area contributed by atoms with Gasteiger partial charge in [0.15, 0.2) is 5.75 Å². The average molecular weight is 805 g/mol. The Kier molecular flexibility index (Phi) is 12.2. The van der Waals surface area contributed by atoms with E-state index in [1.165, 1.54) is 20.3 Å². The maximum atomic E-state index is 14.6. The van der Waals surface area contributed by atoms with Gasteiger partial charge < -0.3 is 50.0 Å². The van der Waals surface area contributed by atoms with Crippen molar-refractivity contribution in [1.82, 2.24) is 4.90 Å². The number of likely N-dealkylation sites (tertiary alicyclic amines) is 1. The van der Waals surface area contributed by atoms with Crippen LogP contribution in [0.5, 0.6) is 17.2 Å². The SMILES string of the molecule is COC1C=COC2(C)Oc3c(C)c(O)c4c(O)c(c5c(c4c3C2=O)NC2(CCN(CC(C)C)CC2)N=5)=NC(=O)C(C)=CC=CC(C)C(O)C(C)C(O)C(C)C(O)C1C. The highest BCUT2D eigenvalue weighted by molar-refractivity contribution is 6.21. The number of anilines is 1. The molecule has 58 heavy (non-hydrogen) atoms. The van der Waals surface area contributed by atoms with Crippen LogP contribution in [0.4, 0.5) is 5.69 Å². The number of nitrogens with zero attached hydrogens (tertiary/aromatic N) is 3. The molecule has 4 bridgehead atoms. The zero-order valence-corrected chi connectivity index (χ0v) is 35.2. The number of amides is 1. The number of fused-ring (bicyclic) bond motifs is 1. The van der Waals surface area contributed by atoms with Gasteiger partial charge in [0.2, 0.25) is 0 Å². The Labute approximate surface area is 339 Å². The standard InChI is InChI=1S/C44H60N4O10/c1-21(2)20-48-17-15-44(16-18-48)46-32-29-30-38(52)27(8)40-31(29)41(54)43(9,58-40)57-19-14-28(56-10)24(5)36(50)26(7)37(51)25(6)35(49)22(3)12-11-13-23(4)42(55)45-34(39(30)53)33(32)47-44/h11-14,19,21-22,24-26,28,35-37,46,49-53H,15-18,20H2,1-10H3. The number of aliphatic hydroxyl groups is 3. The molecule has 1 fully saturated rings. The van der Waals surface area contributed by atoms with Gasteiger partial charge in [-0.05, 0) is 25.8 Å². The maximum absolute atomic E-state index is 14.6. The molecular formula is C44H60N4O10. The average Bonchev–Trinajstić information content (AvgIpc) is 3.69. The summed E-state index contributed by atoms with van der Waals surface area (Å²) in [4.78, 5) is 40.3. The van der Waals surface area contributed by atoms with Gasteiger partial charge in [-0.2, -0.15) is 0 Å². The van der Waals surface area contributed by atoms with Crippen LogP contribution in [0.1, 0.15) is 84.2 Å². The highest BCUT2D eigenvalue weighted by Gasteiger charge is 2.50. The molecule has 14 heteroatoms. The zero-order chi connectivity index (χ0) is 42.6. The number of benzene rings is 2. The predicted molar refractivity (Wildman–Crippen MR) is 218 cm³/mol. The molecular weight excluding hydrogens is 745 g/mol. The molecule has 0 saturated carbocycles. The molecule has 6 rings (SSSR count).